The van der Waals surface area contributed by atoms with E-state index in [0.717, 1.165) is 6.07 Å². The minimum atomic E-state index is -1.26. The van der Waals surface area contributed by atoms with Gasteiger partial charge in [0.25, 0.3) is 0 Å². The van der Waals surface area contributed by atoms with Crippen LogP contribution in [0.1, 0.15) is 11.7 Å². The first-order valence-electron chi connectivity index (χ1n) is 4.03. The molecule has 1 rings (SSSR count). The number of benzene rings is 1. The van der Waals surface area contributed by atoms with Crippen molar-refractivity contribution in [1.29, 1.82) is 0 Å². The fourth-order valence-electron chi connectivity index (χ4n) is 1.09. The van der Waals surface area contributed by atoms with Crippen LogP contribution >= 0.6 is 11.6 Å². The number of aliphatic hydroxyl groups is 2. The number of rotatable bonds is 3. The topological polar surface area (TPSA) is 66.5 Å². The van der Waals surface area contributed by atoms with Crippen molar-refractivity contribution in [3.05, 3.63) is 29.6 Å². The Morgan fingerprint density at radius 3 is 2.64 bits per heavy atom. The fraction of sp³-hybridized carbons (Fsp3) is 0.333. The molecule has 0 spiro atoms. The Balaban J connectivity index is 2.99. The van der Waals surface area contributed by atoms with Gasteiger partial charge in [0.05, 0.1) is 12.0 Å². The highest BCUT2D eigenvalue weighted by Crippen LogP contribution is 2.24. The van der Waals surface area contributed by atoms with Gasteiger partial charge in [0.2, 0.25) is 0 Å². The lowest BCUT2D eigenvalue weighted by Gasteiger charge is -2.17. The molecule has 0 aliphatic heterocycles. The van der Waals surface area contributed by atoms with E-state index in [-0.39, 0.29) is 17.1 Å². The second-order valence-electron chi connectivity index (χ2n) is 2.94. The quantitative estimate of drug-likeness (QED) is 0.526. The largest absolute Gasteiger partial charge is 0.398 e. The highest BCUT2D eigenvalue weighted by atomic mass is 35.5. The summed E-state index contributed by atoms with van der Waals surface area (Å²) in [5, 5.41) is 18.7. The number of nitrogen functional groups attached to an aromatic ring is 1. The van der Waals surface area contributed by atoms with Crippen molar-refractivity contribution in [2.75, 3.05) is 11.6 Å². The van der Waals surface area contributed by atoms with Crippen molar-refractivity contribution in [2.45, 2.75) is 12.2 Å². The number of halogens is 2. The smallest absolute Gasteiger partial charge is 0.123 e. The first-order valence-corrected chi connectivity index (χ1v) is 4.56. The molecule has 0 amide bonds. The maximum Gasteiger partial charge on any atom is 0.123 e. The van der Waals surface area contributed by atoms with E-state index in [9.17, 15) is 14.6 Å². The first-order chi connectivity index (χ1) is 6.56. The van der Waals surface area contributed by atoms with Gasteiger partial charge in [0.1, 0.15) is 11.9 Å². The van der Waals surface area contributed by atoms with E-state index in [1.807, 2.05) is 0 Å². The molecule has 4 N–H and O–H groups in total. The number of hydrogen-bond donors (Lipinski definition) is 3. The van der Waals surface area contributed by atoms with Crippen LogP contribution in [0.4, 0.5) is 10.1 Å². The van der Waals surface area contributed by atoms with Gasteiger partial charge in [-0.05, 0) is 18.2 Å². The van der Waals surface area contributed by atoms with Crippen LogP contribution in [0.15, 0.2) is 18.2 Å². The summed E-state index contributed by atoms with van der Waals surface area (Å²) in [7, 11) is 0. The van der Waals surface area contributed by atoms with Crippen molar-refractivity contribution in [3.8, 4) is 0 Å². The van der Waals surface area contributed by atoms with E-state index < -0.39 is 18.0 Å². The lowest BCUT2D eigenvalue weighted by molar-refractivity contribution is 0.0330. The Morgan fingerprint density at radius 2 is 2.07 bits per heavy atom. The summed E-state index contributed by atoms with van der Waals surface area (Å²) in [6.45, 7) is 0. The third kappa shape index (κ3) is 2.35. The number of hydrogen-bond acceptors (Lipinski definition) is 3. The Morgan fingerprint density at radius 1 is 1.43 bits per heavy atom. The maximum absolute atomic E-state index is 12.8. The monoisotopic (exact) mass is 219 g/mol. The summed E-state index contributed by atoms with van der Waals surface area (Å²) in [6.07, 6.45) is -2.41. The van der Waals surface area contributed by atoms with Gasteiger partial charge < -0.3 is 15.9 Å². The van der Waals surface area contributed by atoms with Gasteiger partial charge in [-0.25, -0.2) is 4.39 Å². The van der Waals surface area contributed by atoms with E-state index >= 15 is 0 Å². The number of aliphatic hydroxyl groups excluding tert-OH is 2. The van der Waals surface area contributed by atoms with Crippen molar-refractivity contribution >= 4 is 17.3 Å². The summed E-state index contributed by atoms with van der Waals surface area (Å²) in [5.74, 6) is -0.660. The van der Waals surface area contributed by atoms with Crippen LogP contribution in [0.3, 0.4) is 0 Å². The molecule has 1 aromatic rings. The molecule has 14 heavy (non-hydrogen) atoms. The summed E-state index contributed by atoms with van der Waals surface area (Å²) < 4.78 is 12.8. The van der Waals surface area contributed by atoms with Crippen molar-refractivity contribution in [2.24, 2.45) is 0 Å². The molecule has 3 nitrogen and oxygen atoms in total. The van der Waals surface area contributed by atoms with Gasteiger partial charge in [-0.2, -0.15) is 0 Å². The molecule has 0 aliphatic rings. The van der Waals surface area contributed by atoms with Gasteiger partial charge in [0, 0.05) is 11.3 Å². The molecule has 0 bridgehead atoms. The Kier molecular flexibility index (Phi) is 3.69. The minimum Gasteiger partial charge on any atom is -0.398 e. The average Bonchev–Trinajstić information content (AvgIpc) is 2.19. The molecule has 78 valence electrons. The van der Waals surface area contributed by atoms with Crippen LogP contribution in [0.2, 0.25) is 0 Å². The molecule has 0 aromatic heterocycles. The van der Waals surface area contributed by atoms with Crippen LogP contribution in [-0.2, 0) is 0 Å². The first kappa shape index (κ1) is 11.2. The normalized spacial score (nSPS) is 15.1. The standard InChI is InChI=1S/C9H11ClFNO2/c10-4-8(13)9(14)6-3-5(11)1-2-7(6)12/h1-3,8-9,13-14H,4,12H2. The van der Waals surface area contributed by atoms with Crippen LogP contribution in [0.5, 0.6) is 0 Å². The predicted molar refractivity (Wildman–Crippen MR) is 52.5 cm³/mol. The Labute approximate surface area is 85.9 Å². The maximum atomic E-state index is 12.8. The van der Waals surface area contributed by atoms with Gasteiger partial charge >= 0.3 is 0 Å². The highest BCUT2D eigenvalue weighted by Gasteiger charge is 2.19. The van der Waals surface area contributed by atoms with E-state index in [2.05, 4.69) is 0 Å². The molecule has 5 heteroatoms. The SMILES string of the molecule is Nc1ccc(F)cc1C(O)C(O)CCl. The molecule has 0 saturated heterocycles. The number of anilines is 1. The summed E-state index contributed by atoms with van der Waals surface area (Å²) in [4.78, 5) is 0. The average molecular weight is 220 g/mol. The number of nitrogens with two attached hydrogens (primary N) is 1. The third-order valence-corrected chi connectivity index (χ3v) is 2.21. The predicted octanol–water partition coefficient (Wildman–Crippen LogP) is 1.04. The van der Waals surface area contributed by atoms with Gasteiger partial charge in [0.15, 0.2) is 0 Å². The van der Waals surface area contributed by atoms with Crippen molar-refractivity contribution in [3.63, 3.8) is 0 Å². The molecule has 0 heterocycles. The third-order valence-electron chi connectivity index (χ3n) is 1.89. The van der Waals surface area contributed by atoms with Crippen LogP contribution < -0.4 is 5.73 Å². The van der Waals surface area contributed by atoms with Crippen LogP contribution in [-0.4, -0.2) is 22.2 Å². The zero-order valence-corrected chi connectivity index (χ0v) is 8.08. The number of alkyl halides is 1. The van der Waals surface area contributed by atoms with Crippen molar-refractivity contribution < 1.29 is 14.6 Å². The summed E-state index contributed by atoms with van der Waals surface area (Å²) in [5.41, 5.74) is 5.88. The Bertz CT molecular complexity index is 322. The van der Waals surface area contributed by atoms with Crippen LogP contribution in [0, 0.1) is 5.82 Å². The van der Waals surface area contributed by atoms with E-state index in [1.165, 1.54) is 12.1 Å². The van der Waals surface area contributed by atoms with Gasteiger partial charge in [-0.15, -0.1) is 11.6 Å². The van der Waals surface area contributed by atoms with Crippen molar-refractivity contribution in [1.82, 2.24) is 0 Å². The molecule has 0 aliphatic carbocycles. The van der Waals surface area contributed by atoms with E-state index in [0.29, 0.717) is 0 Å². The van der Waals surface area contributed by atoms with Crippen LogP contribution in [0.25, 0.3) is 0 Å². The summed E-state index contributed by atoms with van der Waals surface area (Å²) >= 11 is 5.34. The zero-order chi connectivity index (χ0) is 10.7. The lowest BCUT2D eigenvalue weighted by atomic mass is 10.0. The molecule has 2 unspecified atom stereocenters. The van der Waals surface area contributed by atoms with Gasteiger partial charge in [-0.3, -0.25) is 0 Å². The molecular formula is C9H11ClFNO2. The lowest BCUT2D eigenvalue weighted by Crippen LogP contribution is -2.20. The second-order valence-corrected chi connectivity index (χ2v) is 3.25. The zero-order valence-electron chi connectivity index (χ0n) is 7.32. The molecule has 0 radical (unpaired) electrons. The second kappa shape index (κ2) is 4.59. The molecule has 0 fully saturated rings. The molecular weight excluding hydrogens is 209 g/mol. The molecule has 0 saturated carbocycles. The Hall–Kier alpha value is -0.840. The molecule has 2 atom stereocenters. The fourth-order valence-corrected chi connectivity index (χ4v) is 1.26. The van der Waals surface area contributed by atoms with Gasteiger partial charge in [-0.1, -0.05) is 0 Å². The molecule has 1 aromatic carbocycles. The highest BCUT2D eigenvalue weighted by molar-refractivity contribution is 6.18. The summed E-state index contributed by atoms with van der Waals surface area (Å²) in [6, 6.07) is 3.59. The van der Waals surface area contributed by atoms with E-state index in [4.69, 9.17) is 17.3 Å². The minimum absolute atomic E-state index is 0.142. The van der Waals surface area contributed by atoms with E-state index in [1.54, 1.807) is 0 Å².